The Balaban J connectivity index is 1.59. The minimum atomic E-state index is 0.213. The Bertz CT molecular complexity index is 712. The molecule has 2 atom stereocenters. The molecule has 2 aromatic carbocycles. The molecule has 22 heavy (non-hydrogen) atoms. The fourth-order valence-corrected chi connectivity index (χ4v) is 3.85. The molecule has 2 saturated heterocycles. The number of methoxy groups -OCH3 is 1. The molecule has 2 aliphatic heterocycles. The van der Waals surface area contributed by atoms with Gasteiger partial charge in [0.1, 0.15) is 5.75 Å². The van der Waals surface area contributed by atoms with Crippen LogP contribution in [0.3, 0.4) is 0 Å². The molecule has 0 saturated carbocycles. The summed E-state index contributed by atoms with van der Waals surface area (Å²) in [6.45, 7) is 2.88. The highest BCUT2D eigenvalue weighted by Crippen LogP contribution is 2.31. The van der Waals surface area contributed by atoms with E-state index in [-0.39, 0.29) is 5.91 Å². The zero-order chi connectivity index (χ0) is 15.1. The molecule has 2 aromatic rings. The van der Waals surface area contributed by atoms with Gasteiger partial charge in [0.25, 0.3) is 0 Å². The van der Waals surface area contributed by atoms with Crippen molar-refractivity contribution >= 4 is 16.7 Å². The maximum Gasteiger partial charge on any atom is 0.220 e. The highest BCUT2D eigenvalue weighted by atomic mass is 16.5. The number of likely N-dealkylation sites (tertiary alicyclic amines) is 1. The third kappa shape index (κ3) is 2.24. The van der Waals surface area contributed by atoms with Gasteiger partial charge in [0.15, 0.2) is 0 Å². The van der Waals surface area contributed by atoms with Crippen molar-refractivity contribution in [3.8, 4) is 5.75 Å². The lowest BCUT2D eigenvalue weighted by atomic mass is 10.0. The van der Waals surface area contributed by atoms with Crippen molar-refractivity contribution in [2.45, 2.75) is 19.0 Å². The van der Waals surface area contributed by atoms with E-state index >= 15 is 0 Å². The molecule has 2 aliphatic rings. The Morgan fingerprint density at radius 2 is 2.00 bits per heavy atom. The molecule has 0 aromatic heterocycles. The second-order valence-corrected chi connectivity index (χ2v) is 6.30. The normalized spacial score (nSPS) is 24.5. The summed E-state index contributed by atoms with van der Waals surface area (Å²) in [4.78, 5) is 13.9. The number of rotatable bonds is 3. The van der Waals surface area contributed by atoms with E-state index in [1.807, 2.05) is 6.07 Å². The third-order valence-corrected chi connectivity index (χ3v) is 4.90. The first kappa shape index (κ1) is 13.6. The molecule has 0 aliphatic carbocycles. The summed E-state index contributed by atoms with van der Waals surface area (Å²) in [7, 11) is 1.71. The van der Waals surface area contributed by atoms with E-state index in [1.54, 1.807) is 7.11 Å². The Labute approximate surface area is 130 Å². The predicted molar refractivity (Wildman–Crippen MR) is 85.8 cm³/mol. The number of ether oxygens (including phenoxy) is 1. The lowest BCUT2D eigenvalue weighted by Crippen LogP contribution is -2.32. The monoisotopic (exact) mass is 296 g/mol. The fourth-order valence-electron chi connectivity index (χ4n) is 3.85. The lowest BCUT2D eigenvalue weighted by molar-refractivity contribution is -0.119. The molecule has 2 fully saturated rings. The van der Waals surface area contributed by atoms with Crippen molar-refractivity contribution < 1.29 is 9.53 Å². The largest absolute Gasteiger partial charge is 0.496 e. The van der Waals surface area contributed by atoms with E-state index in [2.05, 4.69) is 40.5 Å². The molecule has 1 N–H and O–H groups in total. The molecule has 0 spiro atoms. The first-order chi connectivity index (χ1) is 10.7. The molecule has 0 radical (unpaired) electrons. The van der Waals surface area contributed by atoms with Gasteiger partial charge in [-0.15, -0.1) is 0 Å². The van der Waals surface area contributed by atoms with Crippen LogP contribution in [-0.2, 0) is 11.3 Å². The van der Waals surface area contributed by atoms with Gasteiger partial charge in [0, 0.05) is 43.4 Å². The number of carbonyl (C=O) groups is 1. The summed E-state index contributed by atoms with van der Waals surface area (Å²) < 4.78 is 5.46. The van der Waals surface area contributed by atoms with Crippen LogP contribution < -0.4 is 10.1 Å². The van der Waals surface area contributed by atoms with Crippen molar-refractivity contribution in [2.24, 2.45) is 5.92 Å². The van der Waals surface area contributed by atoms with Gasteiger partial charge in [-0.05, 0) is 17.0 Å². The Morgan fingerprint density at radius 3 is 2.77 bits per heavy atom. The molecular weight excluding hydrogens is 276 g/mol. The number of nitrogens with one attached hydrogen (secondary N) is 1. The van der Waals surface area contributed by atoms with E-state index in [1.165, 1.54) is 10.9 Å². The van der Waals surface area contributed by atoms with Crippen LogP contribution in [0.1, 0.15) is 12.0 Å². The number of benzene rings is 2. The van der Waals surface area contributed by atoms with Gasteiger partial charge < -0.3 is 10.1 Å². The second kappa shape index (κ2) is 5.29. The van der Waals surface area contributed by atoms with Crippen molar-refractivity contribution in [3.05, 3.63) is 42.0 Å². The standard InChI is InChI=1S/C18H20N2O2/c1-22-17-7-6-12(14-4-2-3-5-15(14)17)9-20-10-13-8-18(21)19-16(13)11-20/h2-7,13,16H,8-11H2,1H3,(H,19,21)/t13-,16+/m0/s1. The molecule has 0 bridgehead atoms. The maximum atomic E-state index is 11.4. The summed E-state index contributed by atoms with van der Waals surface area (Å²) in [5.74, 6) is 1.62. The Morgan fingerprint density at radius 1 is 1.18 bits per heavy atom. The van der Waals surface area contributed by atoms with Crippen molar-refractivity contribution in [1.82, 2.24) is 10.2 Å². The number of nitrogens with zero attached hydrogens (tertiary/aromatic N) is 1. The third-order valence-electron chi connectivity index (χ3n) is 4.90. The SMILES string of the molecule is COc1ccc(CN2C[C@@H]3CC(=O)N[C@@H]3C2)c2ccccc12. The molecule has 114 valence electrons. The first-order valence-corrected chi connectivity index (χ1v) is 7.81. The summed E-state index contributed by atoms with van der Waals surface area (Å²) >= 11 is 0. The second-order valence-electron chi connectivity index (χ2n) is 6.30. The number of hydrogen-bond donors (Lipinski definition) is 1. The van der Waals surface area contributed by atoms with Crippen LogP contribution in [0.4, 0.5) is 0 Å². The zero-order valence-electron chi connectivity index (χ0n) is 12.7. The number of fused-ring (bicyclic) bond motifs is 2. The van der Waals surface area contributed by atoms with Crippen LogP contribution >= 0.6 is 0 Å². The minimum Gasteiger partial charge on any atom is -0.496 e. The molecular formula is C18H20N2O2. The van der Waals surface area contributed by atoms with Crippen molar-refractivity contribution in [3.63, 3.8) is 0 Å². The van der Waals surface area contributed by atoms with Crippen LogP contribution in [0, 0.1) is 5.92 Å². The molecule has 4 nitrogen and oxygen atoms in total. The van der Waals surface area contributed by atoms with Gasteiger partial charge in [-0.2, -0.15) is 0 Å². The highest BCUT2D eigenvalue weighted by Gasteiger charge is 2.39. The summed E-state index contributed by atoms with van der Waals surface area (Å²) in [5.41, 5.74) is 1.32. The fraction of sp³-hybridized carbons (Fsp3) is 0.389. The van der Waals surface area contributed by atoms with Gasteiger partial charge in [-0.3, -0.25) is 9.69 Å². The van der Waals surface area contributed by atoms with Crippen molar-refractivity contribution in [2.75, 3.05) is 20.2 Å². The van der Waals surface area contributed by atoms with E-state index in [9.17, 15) is 4.79 Å². The number of amides is 1. The van der Waals surface area contributed by atoms with Crippen LogP contribution in [0.2, 0.25) is 0 Å². The minimum absolute atomic E-state index is 0.213. The molecule has 4 heteroatoms. The summed E-state index contributed by atoms with van der Waals surface area (Å²) in [6, 6.07) is 12.9. The lowest BCUT2D eigenvalue weighted by Gasteiger charge is -2.19. The molecule has 0 unspecified atom stereocenters. The number of hydrogen-bond acceptors (Lipinski definition) is 3. The highest BCUT2D eigenvalue weighted by molar-refractivity contribution is 5.91. The van der Waals surface area contributed by atoms with Gasteiger partial charge in [0.2, 0.25) is 5.91 Å². The van der Waals surface area contributed by atoms with E-state index in [4.69, 9.17) is 4.74 Å². The van der Waals surface area contributed by atoms with Crippen LogP contribution in [0.5, 0.6) is 5.75 Å². The maximum absolute atomic E-state index is 11.4. The smallest absolute Gasteiger partial charge is 0.220 e. The van der Waals surface area contributed by atoms with E-state index in [0.717, 1.165) is 30.8 Å². The zero-order valence-corrected chi connectivity index (χ0v) is 12.7. The Kier molecular flexibility index (Phi) is 3.26. The molecule has 4 rings (SSSR count). The van der Waals surface area contributed by atoms with Crippen LogP contribution in [0.15, 0.2) is 36.4 Å². The van der Waals surface area contributed by atoms with Crippen molar-refractivity contribution in [1.29, 1.82) is 0 Å². The number of carbonyl (C=O) groups excluding carboxylic acids is 1. The van der Waals surface area contributed by atoms with Crippen LogP contribution in [-0.4, -0.2) is 37.0 Å². The van der Waals surface area contributed by atoms with E-state index in [0.29, 0.717) is 18.4 Å². The summed E-state index contributed by atoms with van der Waals surface area (Å²) in [6.07, 6.45) is 0.685. The topological polar surface area (TPSA) is 41.6 Å². The van der Waals surface area contributed by atoms with Gasteiger partial charge in [0.05, 0.1) is 7.11 Å². The van der Waals surface area contributed by atoms with E-state index < -0.39 is 0 Å². The predicted octanol–water partition coefficient (Wildman–Crippen LogP) is 2.17. The van der Waals surface area contributed by atoms with Gasteiger partial charge in [-0.1, -0.05) is 30.3 Å². The average molecular weight is 296 g/mol. The van der Waals surface area contributed by atoms with Crippen LogP contribution in [0.25, 0.3) is 10.8 Å². The van der Waals surface area contributed by atoms with Gasteiger partial charge in [-0.25, -0.2) is 0 Å². The van der Waals surface area contributed by atoms with Gasteiger partial charge >= 0.3 is 0 Å². The molecule has 1 amide bonds. The average Bonchev–Trinajstić information content (AvgIpc) is 3.04. The first-order valence-electron chi connectivity index (χ1n) is 7.81. The quantitative estimate of drug-likeness (QED) is 0.944. The summed E-state index contributed by atoms with van der Waals surface area (Å²) in [5, 5.41) is 5.50. The Hall–Kier alpha value is -2.07. The molecule has 2 heterocycles.